The zero-order chi connectivity index (χ0) is 12.4. The van der Waals surface area contributed by atoms with Crippen molar-refractivity contribution in [2.75, 3.05) is 6.54 Å². The van der Waals surface area contributed by atoms with Crippen LogP contribution in [0.5, 0.6) is 0 Å². The van der Waals surface area contributed by atoms with Gasteiger partial charge >= 0.3 is 0 Å². The Morgan fingerprint density at radius 1 is 1.29 bits per heavy atom. The molecular weight excluding hydrogens is 248 g/mol. The number of rotatable bonds is 2. The second-order valence-electron chi connectivity index (χ2n) is 4.11. The van der Waals surface area contributed by atoms with Crippen molar-refractivity contribution >= 4 is 17.4 Å². The van der Waals surface area contributed by atoms with Gasteiger partial charge in [-0.1, -0.05) is 18.0 Å². The molecule has 17 heavy (non-hydrogen) atoms. The lowest BCUT2D eigenvalue weighted by Crippen LogP contribution is -2.40. The first-order valence-corrected chi connectivity index (χ1v) is 5.89. The van der Waals surface area contributed by atoms with E-state index in [0.29, 0.717) is 6.42 Å². The van der Waals surface area contributed by atoms with Gasteiger partial charge in [-0.25, -0.2) is 8.78 Å². The molecule has 92 valence electrons. The molecular formula is C12H12ClF2NO. The Bertz CT molecular complexity index is 444. The maximum atomic E-state index is 13.1. The minimum absolute atomic E-state index is 0.0405. The molecule has 1 atom stereocenters. The molecule has 1 heterocycles. The molecule has 2 rings (SSSR count). The zero-order valence-electron chi connectivity index (χ0n) is 9.10. The summed E-state index contributed by atoms with van der Waals surface area (Å²) in [6.07, 6.45) is 2.67. The molecule has 1 N–H and O–H groups in total. The number of Topliss-reactive ketones (excluding diaryl/α,β-unsaturated/α-hetero) is 1. The number of hydrogen-bond acceptors (Lipinski definition) is 2. The molecule has 0 aromatic heterocycles. The summed E-state index contributed by atoms with van der Waals surface area (Å²) < 4.78 is 26.0. The smallest absolute Gasteiger partial charge is 0.181 e. The molecule has 0 saturated carbocycles. The lowest BCUT2D eigenvalue weighted by Gasteiger charge is -2.22. The Morgan fingerprint density at radius 2 is 2.00 bits per heavy atom. The van der Waals surface area contributed by atoms with Crippen molar-refractivity contribution < 1.29 is 13.6 Å². The van der Waals surface area contributed by atoms with Gasteiger partial charge in [0.05, 0.1) is 11.1 Å². The third-order valence-corrected chi connectivity index (χ3v) is 3.21. The first-order valence-electron chi connectivity index (χ1n) is 5.51. The normalized spacial score (nSPS) is 20.3. The standard InChI is InChI=1S/C12H12ClF2NO/c13-8-6-10(15)9(14)5-7(8)12(17)11-3-1-2-4-16-11/h5-6,11,16H,1-4H2. The number of piperidine rings is 1. The average molecular weight is 260 g/mol. The minimum atomic E-state index is -1.05. The van der Waals surface area contributed by atoms with Crippen LogP contribution in [0.2, 0.25) is 5.02 Å². The van der Waals surface area contributed by atoms with Gasteiger partial charge < -0.3 is 5.32 Å². The first kappa shape index (κ1) is 12.5. The van der Waals surface area contributed by atoms with Gasteiger partial charge in [-0.3, -0.25) is 4.79 Å². The quantitative estimate of drug-likeness (QED) is 0.654. The van der Waals surface area contributed by atoms with Crippen molar-refractivity contribution in [2.24, 2.45) is 0 Å². The van der Waals surface area contributed by atoms with Crippen LogP contribution in [-0.4, -0.2) is 18.4 Å². The summed E-state index contributed by atoms with van der Waals surface area (Å²) in [7, 11) is 0. The number of carbonyl (C=O) groups is 1. The molecule has 1 aliphatic rings. The highest BCUT2D eigenvalue weighted by Gasteiger charge is 2.24. The summed E-state index contributed by atoms with van der Waals surface area (Å²) in [5.41, 5.74) is 0.0463. The number of hydrogen-bond donors (Lipinski definition) is 1. The first-order chi connectivity index (χ1) is 8.09. The number of ketones is 1. The van der Waals surface area contributed by atoms with Gasteiger partial charge in [0, 0.05) is 5.56 Å². The van der Waals surface area contributed by atoms with Crippen LogP contribution in [0.25, 0.3) is 0 Å². The summed E-state index contributed by atoms with van der Waals surface area (Å²) in [6.45, 7) is 0.762. The molecule has 1 fully saturated rings. The van der Waals surface area contributed by atoms with E-state index in [-0.39, 0.29) is 22.4 Å². The van der Waals surface area contributed by atoms with Gasteiger partial charge in [-0.05, 0) is 31.5 Å². The summed E-state index contributed by atoms with van der Waals surface area (Å²) in [5, 5.41) is 3.01. The lowest BCUT2D eigenvalue weighted by atomic mass is 9.96. The van der Waals surface area contributed by atoms with E-state index in [1.165, 1.54) is 0 Å². The fourth-order valence-electron chi connectivity index (χ4n) is 1.97. The predicted octanol–water partition coefficient (Wildman–Crippen LogP) is 2.94. The summed E-state index contributed by atoms with van der Waals surface area (Å²) in [6, 6.07) is 1.37. The van der Waals surface area contributed by atoms with E-state index < -0.39 is 11.6 Å². The SMILES string of the molecule is O=C(c1cc(F)c(F)cc1Cl)C1CCCCN1. The van der Waals surface area contributed by atoms with E-state index in [9.17, 15) is 13.6 Å². The molecule has 1 aliphatic heterocycles. The molecule has 0 radical (unpaired) electrons. The van der Waals surface area contributed by atoms with Crippen LogP contribution >= 0.6 is 11.6 Å². The van der Waals surface area contributed by atoms with Crippen LogP contribution in [0.1, 0.15) is 29.6 Å². The van der Waals surface area contributed by atoms with E-state index >= 15 is 0 Å². The van der Waals surface area contributed by atoms with Crippen molar-refractivity contribution in [3.63, 3.8) is 0 Å². The molecule has 1 saturated heterocycles. The van der Waals surface area contributed by atoms with Crippen molar-refractivity contribution in [3.05, 3.63) is 34.4 Å². The minimum Gasteiger partial charge on any atom is -0.307 e. The van der Waals surface area contributed by atoms with E-state index in [0.717, 1.165) is 31.5 Å². The fourth-order valence-corrected chi connectivity index (χ4v) is 2.22. The topological polar surface area (TPSA) is 29.1 Å². The average Bonchev–Trinajstić information content (AvgIpc) is 2.34. The van der Waals surface area contributed by atoms with E-state index in [2.05, 4.69) is 5.32 Å². The monoisotopic (exact) mass is 259 g/mol. The lowest BCUT2D eigenvalue weighted by molar-refractivity contribution is 0.0927. The van der Waals surface area contributed by atoms with Gasteiger partial charge in [-0.2, -0.15) is 0 Å². The molecule has 0 amide bonds. The largest absolute Gasteiger partial charge is 0.307 e. The second kappa shape index (κ2) is 5.10. The van der Waals surface area contributed by atoms with Crippen LogP contribution in [0.15, 0.2) is 12.1 Å². The van der Waals surface area contributed by atoms with E-state index in [4.69, 9.17) is 11.6 Å². The van der Waals surface area contributed by atoms with E-state index in [1.54, 1.807) is 0 Å². The molecule has 0 bridgehead atoms. The Labute approximate surface area is 103 Å². The Hall–Kier alpha value is -1.00. The predicted molar refractivity (Wildman–Crippen MR) is 61.3 cm³/mol. The third-order valence-electron chi connectivity index (χ3n) is 2.90. The Balaban J connectivity index is 2.26. The maximum absolute atomic E-state index is 13.1. The number of benzene rings is 1. The highest BCUT2D eigenvalue weighted by molar-refractivity contribution is 6.34. The van der Waals surface area contributed by atoms with Crippen LogP contribution in [0.3, 0.4) is 0 Å². The number of halogens is 3. The zero-order valence-corrected chi connectivity index (χ0v) is 9.86. The van der Waals surface area contributed by atoms with Crippen molar-refractivity contribution in [1.82, 2.24) is 5.32 Å². The van der Waals surface area contributed by atoms with Gasteiger partial charge in [0.15, 0.2) is 17.4 Å². The highest BCUT2D eigenvalue weighted by atomic mass is 35.5. The maximum Gasteiger partial charge on any atom is 0.181 e. The van der Waals surface area contributed by atoms with Crippen LogP contribution in [-0.2, 0) is 0 Å². The Morgan fingerprint density at radius 3 is 2.65 bits per heavy atom. The van der Waals surface area contributed by atoms with Crippen molar-refractivity contribution in [2.45, 2.75) is 25.3 Å². The molecule has 1 aromatic rings. The number of nitrogens with one attached hydrogen (secondary N) is 1. The molecule has 1 aromatic carbocycles. The van der Waals surface area contributed by atoms with Crippen molar-refractivity contribution in [3.8, 4) is 0 Å². The summed E-state index contributed by atoms with van der Waals surface area (Å²) in [4.78, 5) is 12.0. The van der Waals surface area contributed by atoms with E-state index in [1.807, 2.05) is 0 Å². The third kappa shape index (κ3) is 2.64. The van der Waals surface area contributed by atoms with Gasteiger partial charge in [0.25, 0.3) is 0 Å². The summed E-state index contributed by atoms with van der Waals surface area (Å²) >= 11 is 5.76. The highest BCUT2D eigenvalue weighted by Crippen LogP contribution is 2.23. The van der Waals surface area contributed by atoms with Gasteiger partial charge in [0.1, 0.15) is 0 Å². The van der Waals surface area contributed by atoms with Crippen LogP contribution in [0.4, 0.5) is 8.78 Å². The molecule has 0 aliphatic carbocycles. The van der Waals surface area contributed by atoms with Gasteiger partial charge in [0.2, 0.25) is 0 Å². The van der Waals surface area contributed by atoms with Crippen LogP contribution < -0.4 is 5.32 Å². The van der Waals surface area contributed by atoms with Gasteiger partial charge in [-0.15, -0.1) is 0 Å². The van der Waals surface area contributed by atoms with Crippen molar-refractivity contribution in [1.29, 1.82) is 0 Å². The molecule has 0 spiro atoms. The second-order valence-corrected chi connectivity index (χ2v) is 4.52. The van der Waals surface area contributed by atoms with Crippen LogP contribution in [0, 0.1) is 11.6 Å². The Kier molecular flexibility index (Phi) is 3.74. The fraction of sp³-hybridized carbons (Fsp3) is 0.417. The number of carbonyl (C=O) groups excluding carboxylic acids is 1. The molecule has 5 heteroatoms. The molecule has 2 nitrogen and oxygen atoms in total. The summed E-state index contributed by atoms with van der Waals surface area (Å²) in [5.74, 6) is -2.36. The molecule has 1 unspecified atom stereocenters.